The molecule has 0 amide bonds. The Labute approximate surface area is 85.1 Å². The molecule has 1 aliphatic carbocycles. The molecule has 2 atom stereocenters. The summed E-state index contributed by atoms with van der Waals surface area (Å²) in [6.07, 6.45) is 1.74. The van der Waals surface area contributed by atoms with Crippen molar-refractivity contribution >= 4 is 5.78 Å². The lowest BCUT2D eigenvalue weighted by atomic mass is 9.67. The second-order valence-electron chi connectivity index (χ2n) is 4.15. The van der Waals surface area contributed by atoms with Gasteiger partial charge in [0.1, 0.15) is 5.78 Å². The number of Topliss-reactive ketones (excluding diaryl/α,β-unsaturated/α-hetero) is 1. The van der Waals surface area contributed by atoms with E-state index in [1.165, 1.54) is 11.1 Å². The second-order valence-corrected chi connectivity index (χ2v) is 4.15. The normalized spacial score (nSPS) is 26.0. The van der Waals surface area contributed by atoms with Crippen LogP contribution in [0.25, 0.3) is 0 Å². The first-order chi connectivity index (χ1) is 6.74. The highest BCUT2D eigenvalue weighted by atomic mass is 16.1. The predicted molar refractivity (Wildman–Crippen MR) is 57.3 cm³/mol. The van der Waals surface area contributed by atoms with Gasteiger partial charge in [-0.2, -0.15) is 0 Å². The van der Waals surface area contributed by atoms with Gasteiger partial charge >= 0.3 is 0 Å². The lowest BCUT2D eigenvalue weighted by Gasteiger charge is -2.35. The molecule has 1 heteroatoms. The molecular weight excluding hydrogens is 172 g/mol. The van der Waals surface area contributed by atoms with E-state index in [1.54, 1.807) is 0 Å². The number of hydrogen-bond donors (Lipinski definition) is 0. The molecule has 2 unspecified atom stereocenters. The summed E-state index contributed by atoms with van der Waals surface area (Å²) in [4.78, 5) is 11.4. The molecule has 0 radical (unpaired) electrons. The Morgan fingerprint density at radius 2 is 2.07 bits per heavy atom. The molecule has 74 valence electrons. The topological polar surface area (TPSA) is 17.1 Å². The minimum absolute atomic E-state index is 0.288. The molecular formula is C13H16O. The molecule has 2 rings (SSSR count). The highest BCUT2D eigenvalue weighted by molar-refractivity contribution is 5.89. The van der Waals surface area contributed by atoms with Crippen molar-refractivity contribution in [3.8, 4) is 0 Å². The number of benzene rings is 1. The van der Waals surface area contributed by atoms with Crippen molar-refractivity contribution in [2.24, 2.45) is 5.92 Å². The average Bonchev–Trinajstić information content (AvgIpc) is 2.16. The second kappa shape index (κ2) is 3.56. The summed E-state index contributed by atoms with van der Waals surface area (Å²) in [5.74, 6) is 1.23. The predicted octanol–water partition coefficient (Wildman–Crippen LogP) is 3.08. The zero-order chi connectivity index (χ0) is 10.1. The molecule has 0 aliphatic heterocycles. The maximum atomic E-state index is 11.4. The van der Waals surface area contributed by atoms with Crippen LogP contribution in [0.5, 0.6) is 0 Å². The molecule has 1 saturated carbocycles. The van der Waals surface area contributed by atoms with Gasteiger partial charge in [0, 0.05) is 18.3 Å². The maximum absolute atomic E-state index is 11.4. The van der Waals surface area contributed by atoms with Crippen LogP contribution < -0.4 is 0 Å². The van der Waals surface area contributed by atoms with Crippen LogP contribution in [-0.4, -0.2) is 5.78 Å². The molecule has 1 nitrogen and oxygen atoms in total. The highest BCUT2D eigenvalue weighted by Crippen LogP contribution is 2.42. The average molecular weight is 188 g/mol. The largest absolute Gasteiger partial charge is 0.299 e. The van der Waals surface area contributed by atoms with Gasteiger partial charge < -0.3 is 0 Å². The fourth-order valence-electron chi connectivity index (χ4n) is 2.42. The van der Waals surface area contributed by atoms with Gasteiger partial charge in [-0.05, 0) is 24.5 Å². The molecule has 1 aliphatic rings. The van der Waals surface area contributed by atoms with E-state index in [1.807, 2.05) is 0 Å². The minimum atomic E-state index is 0.288. The van der Waals surface area contributed by atoms with E-state index < -0.39 is 0 Å². The first kappa shape index (κ1) is 9.45. The number of hydrogen-bond acceptors (Lipinski definition) is 1. The van der Waals surface area contributed by atoms with Gasteiger partial charge in [0.05, 0.1) is 0 Å². The first-order valence-electron chi connectivity index (χ1n) is 5.32. The van der Waals surface area contributed by atoms with E-state index >= 15 is 0 Å². The third-order valence-corrected chi connectivity index (χ3v) is 3.35. The van der Waals surface area contributed by atoms with E-state index in [0.717, 1.165) is 12.8 Å². The van der Waals surface area contributed by atoms with Crippen molar-refractivity contribution in [3.05, 3.63) is 35.4 Å². The summed E-state index contributed by atoms with van der Waals surface area (Å²) in [5.41, 5.74) is 2.70. The van der Waals surface area contributed by atoms with Crippen molar-refractivity contribution in [3.63, 3.8) is 0 Å². The summed E-state index contributed by atoms with van der Waals surface area (Å²) < 4.78 is 0. The van der Waals surface area contributed by atoms with E-state index in [-0.39, 0.29) is 5.92 Å². The van der Waals surface area contributed by atoms with Crippen molar-refractivity contribution < 1.29 is 4.79 Å². The monoisotopic (exact) mass is 188 g/mol. The van der Waals surface area contributed by atoms with Crippen molar-refractivity contribution in [1.82, 2.24) is 0 Å². The fraction of sp³-hybridized carbons (Fsp3) is 0.462. The lowest BCUT2D eigenvalue weighted by molar-refractivity contribution is -0.131. The van der Waals surface area contributed by atoms with Gasteiger partial charge in [0.2, 0.25) is 0 Å². The molecule has 0 N–H and O–H groups in total. The van der Waals surface area contributed by atoms with Gasteiger partial charge in [-0.15, -0.1) is 0 Å². The van der Waals surface area contributed by atoms with Crippen LogP contribution in [0.3, 0.4) is 0 Å². The summed E-state index contributed by atoms with van der Waals surface area (Å²) in [7, 11) is 0. The number of carbonyl (C=O) groups is 1. The van der Waals surface area contributed by atoms with Gasteiger partial charge in [0.15, 0.2) is 0 Å². The van der Waals surface area contributed by atoms with Crippen LogP contribution in [0.2, 0.25) is 0 Å². The molecule has 1 aromatic rings. The maximum Gasteiger partial charge on any atom is 0.137 e. The van der Waals surface area contributed by atoms with Crippen LogP contribution in [-0.2, 0) is 4.79 Å². The molecule has 0 aromatic heterocycles. The Morgan fingerprint density at radius 1 is 1.36 bits per heavy atom. The summed E-state index contributed by atoms with van der Waals surface area (Å²) >= 11 is 0. The molecule has 14 heavy (non-hydrogen) atoms. The zero-order valence-electron chi connectivity index (χ0n) is 8.79. The summed E-state index contributed by atoms with van der Waals surface area (Å²) in [5, 5.41) is 0. The Hall–Kier alpha value is -1.11. The molecule has 1 aromatic carbocycles. The number of ketones is 1. The van der Waals surface area contributed by atoms with Gasteiger partial charge in [-0.1, -0.05) is 31.2 Å². The quantitative estimate of drug-likeness (QED) is 0.697. The van der Waals surface area contributed by atoms with Gasteiger partial charge in [-0.25, -0.2) is 0 Å². The van der Waals surface area contributed by atoms with Crippen molar-refractivity contribution in [1.29, 1.82) is 0 Å². The molecule has 0 saturated heterocycles. The van der Waals surface area contributed by atoms with E-state index in [2.05, 4.69) is 38.1 Å². The molecule has 0 spiro atoms. The Morgan fingerprint density at radius 3 is 2.64 bits per heavy atom. The smallest absolute Gasteiger partial charge is 0.137 e. The van der Waals surface area contributed by atoms with Crippen LogP contribution in [0, 0.1) is 12.8 Å². The number of carbonyl (C=O) groups excluding carboxylic acids is 1. The zero-order valence-corrected chi connectivity index (χ0v) is 8.79. The Kier molecular flexibility index (Phi) is 2.40. The Bertz CT molecular complexity index is 354. The van der Waals surface area contributed by atoms with Crippen molar-refractivity contribution in [2.45, 2.75) is 32.6 Å². The van der Waals surface area contributed by atoms with Crippen LogP contribution in [0.15, 0.2) is 24.3 Å². The van der Waals surface area contributed by atoms with E-state index in [4.69, 9.17) is 0 Å². The third-order valence-electron chi connectivity index (χ3n) is 3.35. The standard InChI is InChI=1S/C13H16O/c1-3-10-12(8-13(10)14)11-7-5-4-6-9(11)2/h4-7,10,12H,3,8H2,1-2H3. The van der Waals surface area contributed by atoms with E-state index in [9.17, 15) is 4.79 Å². The number of rotatable bonds is 2. The Balaban J connectivity index is 2.25. The summed E-state index contributed by atoms with van der Waals surface area (Å²) in [6.45, 7) is 4.23. The van der Waals surface area contributed by atoms with Gasteiger partial charge in [-0.3, -0.25) is 4.79 Å². The van der Waals surface area contributed by atoms with Crippen LogP contribution in [0.4, 0.5) is 0 Å². The molecule has 0 heterocycles. The lowest BCUT2D eigenvalue weighted by Crippen LogP contribution is -2.35. The minimum Gasteiger partial charge on any atom is -0.299 e. The van der Waals surface area contributed by atoms with Gasteiger partial charge in [0.25, 0.3) is 0 Å². The van der Waals surface area contributed by atoms with Crippen LogP contribution in [0.1, 0.15) is 36.8 Å². The highest BCUT2D eigenvalue weighted by Gasteiger charge is 2.39. The first-order valence-corrected chi connectivity index (χ1v) is 5.32. The molecule has 1 fully saturated rings. The number of aryl methyl sites for hydroxylation is 1. The SMILES string of the molecule is CCC1C(=O)CC1c1ccccc1C. The van der Waals surface area contributed by atoms with E-state index in [0.29, 0.717) is 11.7 Å². The molecule has 0 bridgehead atoms. The van der Waals surface area contributed by atoms with Crippen LogP contribution >= 0.6 is 0 Å². The fourth-order valence-corrected chi connectivity index (χ4v) is 2.42. The third kappa shape index (κ3) is 1.37. The summed E-state index contributed by atoms with van der Waals surface area (Å²) in [6, 6.07) is 8.41. The van der Waals surface area contributed by atoms with Crippen molar-refractivity contribution in [2.75, 3.05) is 0 Å².